The average molecular weight is 328 g/mol. The van der Waals surface area contributed by atoms with Crippen molar-refractivity contribution in [2.24, 2.45) is 5.73 Å². The fourth-order valence-electron chi connectivity index (χ4n) is 1.72. The minimum atomic E-state index is -0.0652. The zero-order valence-corrected chi connectivity index (χ0v) is 13.3. The molecular weight excluding hydrogens is 313 g/mol. The zero-order chi connectivity index (χ0) is 14.5. The minimum absolute atomic E-state index is 0.0652. The molecule has 0 aromatic heterocycles. The van der Waals surface area contributed by atoms with Crippen molar-refractivity contribution in [1.82, 2.24) is 0 Å². The first-order valence-electron chi connectivity index (χ1n) is 6.07. The van der Waals surface area contributed by atoms with E-state index in [1.54, 1.807) is 24.9 Å². The van der Waals surface area contributed by atoms with E-state index in [0.717, 1.165) is 22.0 Å². The third kappa shape index (κ3) is 4.06. The van der Waals surface area contributed by atoms with Crippen LogP contribution in [0.2, 0.25) is 10.0 Å². The molecule has 1 unspecified atom stereocenters. The lowest BCUT2D eigenvalue weighted by Gasteiger charge is -2.13. The molecule has 2 nitrogen and oxygen atoms in total. The summed E-state index contributed by atoms with van der Waals surface area (Å²) in [5.74, 6) is 1.57. The Bertz CT molecular complexity index is 592. The summed E-state index contributed by atoms with van der Waals surface area (Å²) in [7, 11) is 1.65. The van der Waals surface area contributed by atoms with Gasteiger partial charge in [-0.3, -0.25) is 0 Å². The summed E-state index contributed by atoms with van der Waals surface area (Å²) in [6.45, 7) is 0. The molecule has 0 aliphatic carbocycles. The van der Waals surface area contributed by atoms with E-state index in [9.17, 15) is 0 Å². The molecule has 2 aromatic rings. The molecule has 0 aliphatic rings. The van der Waals surface area contributed by atoms with Gasteiger partial charge in [0.05, 0.1) is 17.2 Å². The van der Waals surface area contributed by atoms with E-state index >= 15 is 0 Å². The first-order chi connectivity index (χ1) is 9.60. The van der Waals surface area contributed by atoms with Crippen molar-refractivity contribution in [3.05, 3.63) is 58.1 Å². The summed E-state index contributed by atoms with van der Waals surface area (Å²) in [4.78, 5) is 1.05. The van der Waals surface area contributed by atoms with Crippen LogP contribution in [0.15, 0.2) is 47.4 Å². The summed E-state index contributed by atoms with van der Waals surface area (Å²) in [6, 6.07) is 13.3. The van der Waals surface area contributed by atoms with Gasteiger partial charge in [0.25, 0.3) is 0 Å². The van der Waals surface area contributed by atoms with Crippen LogP contribution in [0.25, 0.3) is 0 Å². The van der Waals surface area contributed by atoms with Crippen molar-refractivity contribution in [2.45, 2.75) is 10.9 Å². The molecule has 2 aromatic carbocycles. The molecule has 106 valence electrons. The Hall–Kier alpha value is -0.870. The second-order valence-corrected chi connectivity index (χ2v) is 6.18. The van der Waals surface area contributed by atoms with Crippen molar-refractivity contribution in [3.63, 3.8) is 0 Å². The van der Waals surface area contributed by atoms with Crippen LogP contribution in [0.1, 0.15) is 11.6 Å². The molecule has 0 amide bonds. The maximum absolute atomic E-state index is 6.20. The van der Waals surface area contributed by atoms with Gasteiger partial charge < -0.3 is 10.5 Å². The fraction of sp³-hybridized carbons (Fsp3) is 0.200. The lowest BCUT2D eigenvalue weighted by atomic mass is 10.1. The summed E-state index contributed by atoms with van der Waals surface area (Å²) in [6.07, 6.45) is 0. The molecule has 0 bridgehead atoms. The molecule has 1 atom stereocenters. The highest BCUT2D eigenvalue weighted by Crippen LogP contribution is 2.30. The molecule has 20 heavy (non-hydrogen) atoms. The predicted molar refractivity (Wildman–Crippen MR) is 87.1 cm³/mol. The van der Waals surface area contributed by atoms with Gasteiger partial charge in [0.1, 0.15) is 5.75 Å². The van der Waals surface area contributed by atoms with Gasteiger partial charge in [-0.2, -0.15) is 0 Å². The molecule has 5 heteroatoms. The molecule has 0 saturated carbocycles. The smallest absolute Gasteiger partial charge is 0.119 e. The average Bonchev–Trinajstić information content (AvgIpc) is 2.48. The number of nitrogens with two attached hydrogens (primary N) is 1. The van der Waals surface area contributed by atoms with Crippen molar-refractivity contribution in [3.8, 4) is 5.75 Å². The molecular formula is C15H15Cl2NOS. The zero-order valence-electron chi connectivity index (χ0n) is 11.0. The summed E-state index contributed by atoms with van der Waals surface area (Å²) >= 11 is 13.5. The number of methoxy groups -OCH3 is 1. The van der Waals surface area contributed by atoms with E-state index in [4.69, 9.17) is 33.7 Å². The predicted octanol–water partition coefficient (Wildman–Crippen LogP) is 4.79. The van der Waals surface area contributed by atoms with Crippen LogP contribution in [0, 0.1) is 0 Å². The number of hydrogen-bond acceptors (Lipinski definition) is 3. The van der Waals surface area contributed by atoms with E-state index in [1.165, 1.54) is 0 Å². The van der Waals surface area contributed by atoms with Gasteiger partial charge in [-0.05, 0) is 35.9 Å². The molecule has 0 heterocycles. The molecule has 0 spiro atoms. The van der Waals surface area contributed by atoms with Crippen molar-refractivity contribution >= 4 is 35.0 Å². The van der Waals surface area contributed by atoms with Crippen molar-refractivity contribution in [2.75, 3.05) is 12.9 Å². The molecule has 2 rings (SSSR count). The molecule has 0 aliphatic heterocycles. The van der Waals surface area contributed by atoms with Gasteiger partial charge in [-0.15, -0.1) is 11.8 Å². The SMILES string of the molecule is COc1cccc(C(N)CSc2ccc(Cl)c(Cl)c2)c1. The van der Waals surface area contributed by atoms with E-state index in [1.807, 2.05) is 36.4 Å². The molecule has 0 saturated heterocycles. The number of benzene rings is 2. The standard InChI is InChI=1S/C15H15Cl2NOS/c1-19-11-4-2-3-10(7-11)15(18)9-20-12-5-6-13(16)14(17)8-12/h2-8,15H,9,18H2,1H3. The van der Waals surface area contributed by atoms with Gasteiger partial charge in [-0.25, -0.2) is 0 Å². The minimum Gasteiger partial charge on any atom is -0.497 e. The topological polar surface area (TPSA) is 35.2 Å². The van der Waals surface area contributed by atoms with Gasteiger partial charge in [0.15, 0.2) is 0 Å². The van der Waals surface area contributed by atoms with Crippen LogP contribution in [0.5, 0.6) is 5.75 Å². The van der Waals surface area contributed by atoms with Crippen molar-refractivity contribution in [1.29, 1.82) is 0 Å². The highest BCUT2D eigenvalue weighted by molar-refractivity contribution is 7.99. The fourth-order valence-corrected chi connectivity index (χ4v) is 3.01. The third-order valence-corrected chi connectivity index (χ3v) is 4.69. The third-order valence-electron chi connectivity index (χ3n) is 2.84. The van der Waals surface area contributed by atoms with E-state index in [2.05, 4.69) is 0 Å². The highest BCUT2D eigenvalue weighted by atomic mass is 35.5. The number of ether oxygens (including phenoxy) is 1. The van der Waals surface area contributed by atoms with Gasteiger partial charge in [-0.1, -0.05) is 35.3 Å². The Morgan fingerprint density at radius 2 is 1.95 bits per heavy atom. The highest BCUT2D eigenvalue weighted by Gasteiger charge is 2.08. The summed E-state index contributed by atoms with van der Waals surface area (Å²) < 4.78 is 5.20. The normalized spacial score (nSPS) is 12.2. The monoisotopic (exact) mass is 327 g/mol. The quantitative estimate of drug-likeness (QED) is 0.801. The van der Waals surface area contributed by atoms with Crippen LogP contribution in [-0.4, -0.2) is 12.9 Å². The first-order valence-corrected chi connectivity index (χ1v) is 7.81. The van der Waals surface area contributed by atoms with Gasteiger partial charge in [0.2, 0.25) is 0 Å². The Balaban J connectivity index is 2.00. The van der Waals surface area contributed by atoms with Crippen molar-refractivity contribution < 1.29 is 4.74 Å². The number of halogens is 2. The van der Waals surface area contributed by atoms with Gasteiger partial charge in [0, 0.05) is 16.7 Å². The number of hydrogen-bond donors (Lipinski definition) is 1. The van der Waals surface area contributed by atoms with Crippen LogP contribution in [0.4, 0.5) is 0 Å². The Morgan fingerprint density at radius 1 is 1.15 bits per heavy atom. The van der Waals surface area contributed by atoms with E-state index < -0.39 is 0 Å². The molecule has 0 fully saturated rings. The van der Waals surface area contributed by atoms with Crippen LogP contribution in [-0.2, 0) is 0 Å². The maximum Gasteiger partial charge on any atom is 0.119 e. The Kier molecular flexibility index (Phi) is 5.61. The van der Waals surface area contributed by atoms with E-state index in [-0.39, 0.29) is 6.04 Å². The Labute approximate surface area is 133 Å². The second kappa shape index (κ2) is 7.23. The van der Waals surface area contributed by atoms with E-state index in [0.29, 0.717) is 10.0 Å². The number of rotatable bonds is 5. The summed E-state index contributed by atoms with van der Waals surface area (Å²) in [5, 5.41) is 1.12. The lowest BCUT2D eigenvalue weighted by Crippen LogP contribution is -2.12. The summed E-state index contributed by atoms with van der Waals surface area (Å²) in [5.41, 5.74) is 7.25. The van der Waals surface area contributed by atoms with Crippen LogP contribution in [0.3, 0.4) is 0 Å². The maximum atomic E-state index is 6.20. The van der Waals surface area contributed by atoms with Crippen LogP contribution >= 0.6 is 35.0 Å². The van der Waals surface area contributed by atoms with Gasteiger partial charge >= 0.3 is 0 Å². The first kappa shape index (κ1) is 15.5. The molecule has 2 N–H and O–H groups in total. The number of thioether (sulfide) groups is 1. The largest absolute Gasteiger partial charge is 0.497 e. The molecule has 0 radical (unpaired) electrons. The lowest BCUT2D eigenvalue weighted by molar-refractivity contribution is 0.414. The Morgan fingerprint density at radius 3 is 2.65 bits per heavy atom. The second-order valence-electron chi connectivity index (χ2n) is 4.27. The van der Waals surface area contributed by atoms with Crippen LogP contribution < -0.4 is 10.5 Å².